The molecule has 19 heavy (non-hydrogen) atoms. The van der Waals surface area contributed by atoms with Gasteiger partial charge in [-0.25, -0.2) is 0 Å². The highest BCUT2D eigenvalue weighted by Gasteiger charge is 2.35. The molecular formula is C14H17NO4. The Morgan fingerprint density at radius 3 is 2.47 bits per heavy atom. The molecule has 1 aliphatic carbocycles. The van der Waals surface area contributed by atoms with Gasteiger partial charge in [0.15, 0.2) is 0 Å². The van der Waals surface area contributed by atoms with E-state index < -0.39 is 5.97 Å². The van der Waals surface area contributed by atoms with Crippen LogP contribution >= 0.6 is 0 Å². The Morgan fingerprint density at radius 2 is 1.95 bits per heavy atom. The lowest BCUT2D eigenvalue weighted by Gasteiger charge is -2.32. The number of carbonyl (C=O) groups excluding carboxylic acids is 1. The number of rotatable bonds is 5. The molecule has 0 atom stereocenters. The summed E-state index contributed by atoms with van der Waals surface area (Å²) in [5, 5.41) is 11.6. The van der Waals surface area contributed by atoms with Crippen LogP contribution in [-0.4, -0.2) is 30.1 Å². The Kier molecular flexibility index (Phi) is 4.16. The third-order valence-electron chi connectivity index (χ3n) is 3.35. The van der Waals surface area contributed by atoms with Gasteiger partial charge in [-0.2, -0.15) is 0 Å². The smallest absolute Gasteiger partial charge is 0.306 e. The summed E-state index contributed by atoms with van der Waals surface area (Å²) in [7, 11) is 1.62. The van der Waals surface area contributed by atoms with E-state index in [-0.39, 0.29) is 17.9 Å². The number of carboxylic acids is 1. The standard InChI is InChI=1S/C14H17NO4/c1-19-8-9-2-4-10(5-3-9)13(16)15-12-6-11(7-12)14(17)18/h2-5,11-12H,6-8H2,1H3,(H,15,16)(H,17,18). The van der Waals surface area contributed by atoms with Crippen LogP contribution in [0.25, 0.3) is 0 Å². The van der Waals surface area contributed by atoms with Crippen molar-refractivity contribution in [2.75, 3.05) is 7.11 Å². The van der Waals surface area contributed by atoms with Crippen LogP contribution in [0, 0.1) is 5.92 Å². The molecule has 1 aromatic carbocycles. The van der Waals surface area contributed by atoms with E-state index in [1.165, 1.54) is 0 Å². The zero-order chi connectivity index (χ0) is 13.8. The number of nitrogens with one attached hydrogen (secondary N) is 1. The van der Waals surface area contributed by atoms with Crippen molar-refractivity contribution in [1.82, 2.24) is 5.32 Å². The number of amides is 1. The summed E-state index contributed by atoms with van der Waals surface area (Å²) >= 11 is 0. The largest absolute Gasteiger partial charge is 0.481 e. The second-order valence-corrected chi connectivity index (χ2v) is 4.81. The van der Waals surface area contributed by atoms with Crippen molar-refractivity contribution in [1.29, 1.82) is 0 Å². The summed E-state index contributed by atoms with van der Waals surface area (Å²) in [6.07, 6.45) is 1.03. The lowest BCUT2D eigenvalue weighted by atomic mass is 9.80. The molecule has 0 aromatic heterocycles. The number of carboxylic acid groups (broad SMARTS) is 1. The number of carbonyl (C=O) groups is 2. The van der Waals surface area contributed by atoms with E-state index in [0.29, 0.717) is 25.0 Å². The molecule has 102 valence electrons. The molecule has 0 radical (unpaired) electrons. The molecule has 2 rings (SSSR count). The van der Waals surface area contributed by atoms with Gasteiger partial charge in [-0.1, -0.05) is 12.1 Å². The fourth-order valence-corrected chi connectivity index (χ4v) is 2.13. The molecule has 5 heteroatoms. The van der Waals surface area contributed by atoms with Crippen LogP contribution in [0.1, 0.15) is 28.8 Å². The maximum absolute atomic E-state index is 11.9. The van der Waals surface area contributed by atoms with E-state index in [0.717, 1.165) is 5.56 Å². The topological polar surface area (TPSA) is 75.6 Å². The van der Waals surface area contributed by atoms with Crippen LogP contribution in [0.4, 0.5) is 0 Å². The van der Waals surface area contributed by atoms with E-state index >= 15 is 0 Å². The normalized spacial score (nSPS) is 21.5. The highest BCUT2D eigenvalue weighted by atomic mass is 16.5. The number of benzene rings is 1. The average molecular weight is 263 g/mol. The van der Waals surface area contributed by atoms with E-state index in [2.05, 4.69) is 5.32 Å². The second-order valence-electron chi connectivity index (χ2n) is 4.81. The van der Waals surface area contributed by atoms with Gasteiger partial charge in [-0.05, 0) is 30.5 Å². The van der Waals surface area contributed by atoms with E-state index in [4.69, 9.17) is 9.84 Å². The maximum atomic E-state index is 11.9. The van der Waals surface area contributed by atoms with Gasteiger partial charge in [0.05, 0.1) is 12.5 Å². The number of ether oxygens (including phenoxy) is 1. The quantitative estimate of drug-likeness (QED) is 0.842. The Bertz CT molecular complexity index is 463. The van der Waals surface area contributed by atoms with E-state index in [9.17, 15) is 9.59 Å². The monoisotopic (exact) mass is 263 g/mol. The zero-order valence-electron chi connectivity index (χ0n) is 10.8. The van der Waals surface area contributed by atoms with Crippen molar-refractivity contribution in [3.05, 3.63) is 35.4 Å². The zero-order valence-corrected chi connectivity index (χ0v) is 10.8. The van der Waals surface area contributed by atoms with Crippen molar-refractivity contribution in [3.8, 4) is 0 Å². The molecule has 0 spiro atoms. The molecule has 1 aromatic rings. The number of hydrogen-bond acceptors (Lipinski definition) is 3. The molecule has 2 N–H and O–H groups in total. The maximum Gasteiger partial charge on any atom is 0.306 e. The third-order valence-corrected chi connectivity index (χ3v) is 3.35. The van der Waals surface area contributed by atoms with Gasteiger partial charge in [0.25, 0.3) is 5.91 Å². The van der Waals surface area contributed by atoms with E-state index in [1.807, 2.05) is 12.1 Å². The third kappa shape index (κ3) is 3.32. The summed E-state index contributed by atoms with van der Waals surface area (Å²) in [6.45, 7) is 0.519. The lowest BCUT2D eigenvalue weighted by molar-refractivity contribution is -0.145. The summed E-state index contributed by atoms with van der Waals surface area (Å²) in [5.41, 5.74) is 1.59. The van der Waals surface area contributed by atoms with Crippen molar-refractivity contribution in [2.24, 2.45) is 5.92 Å². The minimum Gasteiger partial charge on any atom is -0.481 e. The average Bonchev–Trinajstić information content (AvgIpc) is 2.33. The van der Waals surface area contributed by atoms with E-state index in [1.54, 1.807) is 19.2 Å². The van der Waals surface area contributed by atoms with Crippen LogP contribution in [0.3, 0.4) is 0 Å². The van der Waals surface area contributed by atoms with Crippen molar-refractivity contribution < 1.29 is 19.4 Å². The Labute approximate surface area is 111 Å². The summed E-state index contributed by atoms with van der Waals surface area (Å²) in [4.78, 5) is 22.6. The van der Waals surface area contributed by atoms with Gasteiger partial charge in [0, 0.05) is 18.7 Å². The van der Waals surface area contributed by atoms with Crippen molar-refractivity contribution in [2.45, 2.75) is 25.5 Å². The van der Waals surface area contributed by atoms with Crippen LogP contribution < -0.4 is 5.32 Å². The Hall–Kier alpha value is -1.88. The molecule has 0 unspecified atom stereocenters. The Balaban J connectivity index is 1.85. The number of methoxy groups -OCH3 is 1. The van der Waals surface area contributed by atoms with Crippen LogP contribution in [-0.2, 0) is 16.1 Å². The highest BCUT2D eigenvalue weighted by molar-refractivity contribution is 5.94. The molecule has 1 fully saturated rings. The van der Waals surface area contributed by atoms with Gasteiger partial charge >= 0.3 is 5.97 Å². The molecule has 0 heterocycles. The first-order valence-electron chi connectivity index (χ1n) is 6.21. The van der Waals surface area contributed by atoms with Gasteiger partial charge in [0.1, 0.15) is 0 Å². The molecule has 1 saturated carbocycles. The predicted molar refractivity (Wildman–Crippen MR) is 68.8 cm³/mol. The molecule has 0 saturated heterocycles. The molecule has 1 amide bonds. The van der Waals surface area contributed by atoms with Crippen LogP contribution in [0.15, 0.2) is 24.3 Å². The first kappa shape index (κ1) is 13.5. The van der Waals surface area contributed by atoms with Gasteiger partial charge in [0.2, 0.25) is 0 Å². The predicted octanol–water partition coefficient (Wildman–Crippen LogP) is 1.43. The first-order valence-corrected chi connectivity index (χ1v) is 6.21. The SMILES string of the molecule is COCc1ccc(C(=O)NC2CC(C(=O)O)C2)cc1. The molecule has 1 aliphatic rings. The van der Waals surface area contributed by atoms with Crippen LogP contribution in [0.5, 0.6) is 0 Å². The second kappa shape index (κ2) is 5.84. The van der Waals surface area contributed by atoms with Crippen molar-refractivity contribution >= 4 is 11.9 Å². The first-order chi connectivity index (χ1) is 9.10. The molecular weight excluding hydrogens is 246 g/mol. The van der Waals surface area contributed by atoms with Crippen LogP contribution in [0.2, 0.25) is 0 Å². The lowest BCUT2D eigenvalue weighted by Crippen LogP contribution is -2.46. The minimum atomic E-state index is -0.783. The molecule has 0 bridgehead atoms. The number of aliphatic carboxylic acids is 1. The minimum absolute atomic E-state index is 0.0211. The Morgan fingerprint density at radius 1 is 1.32 bits per heavy atom. The van der Waals surface area contributed by atoms with Gasteiger partial charge in [-0.15, -0.1) is 0 Å². The summed E-state index contributed by atoms with van der Waals surface area (Å²) in [5.74, 6) is -1.25. The summed E-state index contributed by atoms with van der Waals surface area (Å²) < 4.78 is 5.00. The molecule has 0 aliphatic heterocycles. The highest BCUT2D eigenvalue weighted by Crippen LogP contribution is 2.27. The fraction of sp³-hybridized carbons (Fsp3) is 0.429. The number of hydrogen-bond donors (Lipinski definition) is 2. The molecule has 5 nitrogen and oxygen atoms in total. The van der Waals surface area contributed by atoms with Gasteiger partial charge < -0.3 is 15.2 Å². The fourth-order valence-electron chi connectivity index (χ4n) is 2.13. The van der Waals surface area contributed by atoms with Gasteiger partial charge in [-0.3, -0.25) is 9.59 Å². The summed E-state index contributed by atoms with van der Waals surface area (Å²) in [6, 6.07) is 7.17. The van der Waals surface area contributed by atoms with Crippen molar-refractivity contribution in [3.63, 3.8) is 0 Å².